The highest BCUT2D eigenvalue weighted by Crippen LogP contribution is 2.29. The molecule has 1 heterocycles. The predicted molar refractivity (Wildman–Crippen MR) is 127 cm³/mol. The van der Waals surface area contributed by atoms with E-state index in [-0.39, 0.29) is 41.4 Å². The number of rotatable bonds is 9. The van der Waals surface area contributed by atoms with Crippen molar-refractivity contribution in [1.29, 1.82) is 0 Å². The van der Waals surface area contributed by atoms with Crippen LogP contribution in [0.15, 0.2) is 60.8 Å². The summed E-state index contributed by atoms with van der Waals surface area (Å²) in [6.45, 7) is 0.352. The molecule has 1 aromatic heterocycles. The molecule has 34 heavy (non-hydrogen) atoms. The number of nitrogens with zero attached hydrogens (tertiary/aromatic N) is 3. The van der Waals surface area contributed by atoms with Gasteiger partial charge in [0.05, 0.1) is 10.5 Å². The van der Waals surface area contributed by atoms with Crippen LogP contribution >= 0.6 is 0 Å². The monoisotopic (exact) mass is 463 g/mol. The summed E-state index contributed by atoms with van der Waals surface area (Å²) in [5.74, 6) is -1.26. The topological polar surface area (TPSA) is 127 Å². The van der Waals surface area contributed by atoms with Gasteiger partial charge in [-0.3, -0.25) is 24.5 Å². The lowest BCUT2D eigenvalue weighted by Gasteiger charge is -2.14. The number of nitro benzene ring substituents is 1. The maximum absolute atomic E-state index is 13.1. The number of carbonyl (C=O) groups is 3. The predicted octanol–water partition coefficient (Wildman–Crippen LogP) is 2.39. The molecule has 0 fully saturated rings. The molecule has 2 N–H and O–H groups in total. The van der Waals surface area contributed by atoms with Crippen LogP contribution < -0.4 is 15.5 Å². The quantitative estimate of drug-likeness (QED) is 0.217. The standard InChI is InChI=1S/C24H25N5O5/c1-27(2)19-11-10-16(15-21(19)29(33)34)22(30)17-7-4-5-8-18(17)23(31)25-12-13-26-24(32)20-9-6-14-28(20)3/h4-11,14-15H,12-13H2,1-3H3,(H,25,31)(H,26,32). The Labute approximate surface area is 196 Å². The summed E-state index contributed by atoms with van der Waals surface area (Å²) in [4.78, 5) is 50.5. The maximum Gasteiger partial charge on any atom is 0.293 e. The van der Waals surface area contributed by atoms with Crippen molar-refractivity contribution < 1.29 is 19.3 Å². The van der Waals surface area contributed by atoms with Crippen LogP contribution in [-0.2, 0) is 7.05 Å². The van der Waals surface area contributed by atoms with Gasteiger partial charge in [-0.1, -0.05) is 18.2 Å². The first-order chi connectivity index (χ1) is 16.2. The number of nitro groups is 1. The molecule has 0 bridgehead atoms. The van der Waals surface area contributed by atoms with Crippen LogP contribution in [0.4, 0.5) is 11.4 Å². The highest BCUT2D eigenvalue weighted by atomic mass is 16.6. The molecule has 10 heteroatoms. The average molecular weight is 463 g/mol. The number of hydrogen-bond acceptors (Lipinski definition) is 6. The summed E-state index contributed by atoms with van der Waals surface area (Å²) in [5.41, 5.74) is 1.03. The molecule has 0 aliphatic rings. The lowest BCUT2D eigenvalue weighted by atomic mass is 9.97. The molecule has 0 saturated heterocycles. The lowest BCUT2D eigenvalue weighted by Crippen LogP contribution is -2.35. The molecular weight excluding hydrogens is 438 g/mol. The van der Waals surface area contributed by atoms with Crippen molar-refractivity contribution >= 4 is 29.0 Å². The molecule has 2 aromatic carbocycles. The smallest absolute Gasteiger partial charge is 0.293 e. The summed E-state index contributed by atoms with van der Waals surface area (Å²) in [6.07, 6.45) is 1.76. The van der Waals surface area contributed by atoms with Crippen molar-refractivity contribution in [3.05, 3.63) is 93.3 Å². The molecule has 0 spiro atoms. The van der Waals surface area contributed by atoms with Crippen LogP contribution in [0, 0.1) is 10.1 Å². The molecule has 176 valence electrons. The van der Waals surface area contributed by atoms with E-state index in [4.69, 9.17) is 0 Å². The third-order valence-electron chi connectivity index (χ3n) is 5.20. The van der Waals surface area contributed by atoms with Crippen molar-refractivity contribution in [2.45, 2.75) is 0 Å². The first kappa shape index (κ1) is 24.2. The Morgan fingerprint density at radius 1 is 0.941 bits per heavy atom. The summed E-state index contributed by atoms with van der Waals surface area (Å²) in [5, 5.41) is 16.9. The Kier molecular flexibility index (Phi) is 7.42. The fraction of sp³-hybridized carbons (Fsp3) is 0.208. The van der Waals surface area contributed by atoms with Crippen molar-refractivity contribution in [1.82, 2.24) is 15.2 Å². The van der Waals surface area contributed by atoms with E-state index in [9.17, 15) is 24.5 Å². The highest BCUT2D eigenvalue weighted by Gasteiger charge is 2.22. The van der Waals surface area contributed by atoms with E-state index in [1.54, 1.807) is 61.1 Å². The van der Waals surface area contributed by atoms with Gasteiger partial charge in [0.1, 0.15) is 11.4 Å². The van der Waals surface area contributed by atoms with E-state index in [1.807, 2.05) is 0 Å². The van der Waals surface area contributed by atoms with Crippen molar-refractivity contribution in [2.24, 2.45) is 7.05 Å². The summed E-state index contributed by atoms with van der Waals surface area (Å²) < 4.78 is 1.69. The minimum Gasteiger partial charge on any atom is -0.372 e. The van der Waals surface area contributed by atoms with Gasteiger partial charge in [0.15, 0.2) is 5.78 Å². The summed E-state index contributed by atoms with van der Waals surface area (Å²) in [7, 11) is 5.10. The first-order valence-electron chi connectivity index (χ1n) is 10.5. The van der Waals surface area contributed by atoms with Gasteiger partial charge in [0.25, 0.3) is 17.5 Å². The molecule has 0 saturated carbocycles. The Bertz CT molecular complexity index is 1250. The van der Waals surface area contributed by atoms with Gasteiger partial charge in [-0.2, -0.15) is 0 Å². The van der Waals surface area contributed by atoms with Crippen LogP contribution in [0.5, 0.6) is 0 Å². The molecule has 0 radical (unpaired) electrons. The number of benzene rings is 2. The van der Waals surface area contributed by atoms with E-state index >= 15 is 0 Å². The van der Waals surface area contributed by atoms with Crippen LogP contribution in [0.1, 0.15) is 36.8 Å². The number of aryl methyl sites for hydroxylation is 1. The lowest BCUT2D eigenvalue weighted by molar-refractivity contribution is -0.384. The van der Waals surface area contributed by atoms with Gasteiger partial charge < -0.3 is 20.1 Å². The molecule has 3 aromatic rings. The Morgan fingerprint density at radius 3 is 2.18 bits per heavy atom. The van der Waals surface area contributed by atoms with E-state index in [1.165, 1.54) is 30.3 Å². The minimum atomic E-state index is -0.547. The van der Waals surface area contributed by atoms with Crippen molar-refractivity contribution in [3.8, 4) is 0 Å². The van der Waals surface area contributed by atoms with Gasteiger partial charge in [-0.25, -0.2) is 0 Å². The molecule has 0 aliphatic heterocycles. The summed E-state index contributed by atoms with van der Waals surface area (Å²) >= 11 is 0. The SMILES string of the molecule is CN(C)c1ccc(C(=O)c2ccccc2C(=O)NCCNC(=O)c2cccn2C)cc1[N+](=O)[O-]. The molecule has 3 rings (SSSR count). The van der Waals surface area contributed by atoms with Gasteiger partial charge in [0, 0.05) is 57.6 Å². The first-order valence-corrected chi connectivity index (χ1v) is 10.5. The highest BCUT2D eigenvalue weighted by molar-refractivity contribution is 6.15. The largest absolute Gasteiger partial charge is 0.372 e. The zero-order valence-electron chi connectivity index (χ0n) is 19.1. The number of amides is 2. The number of hydrogen-bond donors (Lipinski definition) is 2. The van der Waals surface area contributed by atoms with E-state index in [0.717, 1.165) is 0 Å². The minimum absolute atomic E-state index is 0.104. The Morgan fingerprint density at radius 2 is 1.59 bits per heavy atom. The van der Waals surface area contributed by atoms with Gasteiger partial charge in [-0.15, -0.1) is 0 Å². The molecule has 0 aliphatic carbocycles. The second kappa shape index (κ2) is 10.4. The van der Waals surface area contributed by atoms with Crippen molar-refractivity contribution in [2.75, 3.05) is 32.1 Å². The molecule has 0 atom stereocenters. The van der Waals surface area contributed by atoms with Crippen molar-refractivity contribution in [3.63, 3.8) is 0 Å². The normalized spacial score (nSPS) is 10.4. The van der Waals surface area contributed by atoms with Gasteiger partial charge in [-0.05, 0) is 30.3 Å². The Hall–Kier alpha value is -4.47. The number of aromatic nitrogens is 1. The summed E-state index contributed by atoms with van der Waals surface area (Å²) in [6, 6.07) is 13.9. The third kappa shape index (κ3) is 5.29. The second-order valence-electron chi connectivity index (χ2n) is 7.75. The molecule has 0 unspecified atom stereocenters. The van der Waals surface area contributed by atoms with Crippen LogP contribution in [-0.4, -0.2) is 54.3 Å². The van der Waals surface area contributed by atoms with Gasteiger partial charge >= 0.3 is 0 Å². The molecular formula is C24H25N5O5. The third-order valence-corrected chi connectivity index (χ3v) is 5.20. The van der Waals surface area contributed by atoms with Crippen LogP contribution in [0.25, 0.3) is 0 Å². The zero-order chi connectivity index (χ0) is 24.8. The number of anilines is 1. The van der Waals surface area contributed by atoms with E-state index in [2.05, 4.69) is 10.6 Å². The van der Waals surface area contributed by atoms with Crippen LogP contribution in [0.2, 0.25) is 0 Å². The van der Waals surface area contributed by atoms with Gasteiger partial charge in [0.2, 0.25) is 0 Å². The Balaban J connectivity index is 1.71. The maximum atomic E-state index is 13.1. The fourth-order valence-corrected chi connectivity index (χ4v) is 3.46. The van der Waals surface area contributed by atoms with Crippen LogP contribution in [0.3, 0.4) is 0 Å². The fourth-order valence-electron chi connectivity index (χ4n) is 3.46. The molecule has 2 amide bonds. The average Bonchev–Trinajstić information content (AvgIpc) is 3.26. The number of ketones is 1. The number of carbonyl (C=O) groups excluding carboxylic acids is 3. The molecule has 10 nitrogen and oxygen atoms in total. The van der Waals surface area contributed by atoms with E-state index < -0.39 is 16.6 Å². The zero-order valence-corrected chi connectivity index (χ0v) is 19.1. The number of nitrogens with one attached hydrogen (secondary N) is 2. The second-order valence-corrected chi connectivity index (χ2v) is 7.75. The van der Waals surface area contributed by atoms with E-state index in [0.29, 0.717) is 11.4 Å².